The Balaban J connectivity index is 1.99. The molecule has 1 fully saturated rings. The number of anilines is 1. The summed E-state index contributed by atoms with van der Waals surface area (Å²) in [6, 6.07) is 8.73. The zero-order valence-electron chi connectivity index (χ0n) is 11.0. The van der Waals surface area contributed by atoms with Gasteiger partial charge in [0.25, 0.3) is 0 Å². The van der Waals surface area contributed by atoms with Gasteiger partial charge in [-0.2, -0.15) is 0 Å². The van der Waals surface area contributed by atoms with Crippen molar-refractivity contribution < 1.29 is 0 Å². The highest BCUT2D eigenvalue weighted by Gasteiger charge is 2.26. The molecule has 0 amide bonds. The number of aryl methyl sites for hydroxylation is 1. The van der Waals surface area contributed by atoms with Gasteiger partial charge in [-0.3, -0.25) is 0 Å². The average Bonchev–Trinajstić information content (AvgIpc) is 2.76. The van der Waals surface area contributed by atoms with E-state index in [9.17, 15) is 0 Å². The number of hydrogen-bond acceptors (Lipinski definition) is 2. The highest BCUT2D eigenvalue weighted by molar-refractivity contribution is 5.47. The lowest BCUT2D eigenvalue weighted by atomic mass is 9.95. The van der Waals surface area contributed by atoms with Crippen LogP contribution in [-0.2, 0) is 0 Å². The molecule has 1 saturated carbocycles. The summed E-state index contributed by atoms with van der Waals surface area (Å²) in [5.74, 6) is 1.52. The predicted octanol–water partition coefficient (Wildman–Crippen LogP) is 2.81. The first-order valence-corrected chi connectivity index (χ1v) is 6.68. The van der Waals surface area contributed by atoms with Gasteiger partial charge in [0, 0.05) is 19.3 Å². The van der Waals surface area contributed by atoms with Crippen molar-refractivity contribution in [1.29, 1.82) is 0 Å². The summed E-state index contributed by atoms with van der Waals surface area (Å²) in [6.07, 6.45) is 4.02. The van der Waals surface area contributed by atoms with Crippen LogP contribution in [0.3, 0.4) is 0 Å². The molecule has 1 aromatic rings. The van der Waals surface area contributed by atoms with Gasteiger partial charge < -0.3 is 10.6 Å². The smallest absolute Gasteiger partial charge is 0.0366 e. The zero-order chi connectivity index (χ0) is 12.3. The molecule has 0 bridgehead atoms. The van der Waals surface area contributed by atoms with E-state index < -0.39 is 0 Å². The van der Waals surface area contributed by atoms with Gasteiger partial charge >= 0.3 is 0 Å². The summed E-state index contributed by atoms with van der Waals surface area (Å²) < 4.78 is 0. The first-order chi connectivity index (χ1) is 8.20. The normalized spacial score (nSPS) is 23.9. The van der Waals surface area contributed by atoms with Crippen molar-refractivity contribution >= 4 is 5.69 Å². The van der Waals surface area contributed by atoms with Crippen LogP contribution in [0.1, 0.15) is 24.8 Å². The Kier molecular flexibility index (Phi) is 4.06. The zero-order valence-corrected chi connectivity index (χ0v) is 11.0. The Morgan fingerprint density at radius 1 is 1.29 bits per heavy atom. The van der Waals surface area contributed by atoms with Crippen LogP contribution in [-0.4, -0.2) is 20.1 Å². The number of rotatable bonds is 4. The van der Waals surface area contributed by atoms with Gasteiger partial charge in [0.05, 0.1) is 0 Å². The van der Waals surface area contributed by atoms with Crippen LogP contribution in [0.25, 0.3) is 0 Å². The summed E-state index contributed by atoms with van der Waals surface area (Å²) in [7, 11) is 2.20. The van der Waals surface area contributed by atoms with Crippen molar-refractivity contribution in [3.05, 3.63) is 29.8 Å². The molecule has 0 spiro atoms. The van der Waals surface area contributed by atoms with E-state index in [0.29, 0.717) is 0 Å². The lowest BCUT2D eigenvalue weighted by Gasteiger charge is -2.26. The van der Waals surface area contributed by atoms with E-state index in [1.54, 1.807) is 0 Å². The molecule has 2 atom stereocenters. The standard InChI is InChI=1S/C15H24N2/c1-12-5-3-8-15(9-12)17(2)11-14-7-4-6-13(14)10-16/h3,5,8-9,13-14H,4,6-7,10-11,16H2,1-2H3. The van der Waals surface area contributed by atoms with E-state index in [1.807, 2.05) is 0 Å². The summed E-state index contributed by atoms with van der Waals surface area (Å²) in [4.78, 5) is 2.38. The van der Waals surface area contributed by atoms with Crippen molar-refractivity contribution in [3.8, 4) is 0 Å². The fourth-order valence-corrected chi connectivity index (χ4v) is 2.99. The Morgan fingerprint density at radius 3 is 2.76 bits per heavy atom. The monoisotopic (exact) mass is 232 g/mol. The fourth-order valence-electron chi connectivity index (χ4n) is 2.99. The number of nitrogens with zero attached hydrogens (tertiary/aromatic N) is 1. The molecule has 0 aromatic heterocycles. The predicted molar refractivity (Wildman–Crippen MR) is 74.3 cm³/mol. The molecule has 2 unspecified atom stereocenters. The van der Waals surface area contributed by atoms with Gasteiger partial charge in [-0.05, 0) is 55.8 Å². The van der Waals surface area contributed by atoms with Crippen molar-refractivity contribution in [2.45, 2.75) is 26.2 Å². The Hall–Kier alpha value is -1.02. The summed E-state index contributed by atoms with van der Waals surface area (Å²) >= 11 is 0. The largest absolute Gasteiger partial charge is 0.374 e. The van der Waals surface area contributed by atoms with Gasteiger partial charge in [-0.15, -0.1) is 0 Å². The minimum atomic E-state index is 0.738. The molecular formula is C15H24N2. The maximum Gasteiger partial charge on any atom is 0.0366 e. The highest BCUT2D eigenvalue weighted by atomic mass is 15.1. The van der Waals surface area contributed by atoms with Gasteiger partial charge in [-0.25, -0.2) is 0 Å². The lowest BCUT2D eigenvalue weighted by Crippen LogP contribution is -2.30. The van der Waals surface area contributed by atoms with E-state index in [-0.39, 0.29) is 0 Å². The number of nitrogens with two attached hydrogens (primary N) is 1. The number of benzene rings is 1. The van der Waals surface area contributed by atoms with Crippen LogP contribution >= 0.6 is 0 Å². The van der Waals surface area contributed by atoms with Crippen LogP contribution in [0, 0.1) is 18.8 Å². The second kappa shape index (κ2) is 5.54. The molecule has 2 N–H and O–H groups in total. The Morgan fingerprint density at radius 2 is 2.06 bits per heavy atom. The van der Waals surface area contributed by atoms with E-state index in [0.717, 1.165) is 24.9 Å². The molecule has 1 aliphatic carbocycles. The van der Waals surface area contributed by atoms with E-state index >= 15 is 0 Å². The molecule has 0 saturated heterocycles. The number of hydrogen-bond donors (Lipinski definition) is 1. The molecule has 1 aliphatic rings. The Bertz CT molecular complexity index is 362. The first-order valence-electron chi connectivity index (χ1n) is 6.68. The van der Waals surface area contributed by atoms with Crippen LogP contribution in [0.5, 0.6) is 0 Å². The van der Waals surface area contributed by atoms with Crippen molar-refractivity contribution in [2.75, 3.05) is 25.0 Å². The van der Waals surface area contributed by atoms with Gasteiger partial charge in [-0.1, -0.05) is 18.6 Å². The minimum absolute atomic E-state index is 0.738. The van der Waals surface area contributed by atoms with Gasteiger partial charge in [0.2, 0.25) is 0 Å². The molecule has 2 rings (SSSR count). The molecule has 0 heterocycles. The quantitative estimate of drug-likeness (QED) is 0.865. The second-order valence-electron chi connectivity index (χ2n) is 5.41. The minimum Gasteiger partial charge on any atom is -0.374 e. The lowest BCUT2D eigenvalue weighted by molar-refractivity contribution is 0.400. The fraction of sp³-hybridized carbons (Fsp3) is 0.600. The molecule has 2 heteroatoms. The van der Waals surface area contributed by atoms with Crippen molar-refractivity contribution in [1.82, 2.24) is 0 Å². The van der Waals surface area contributed by atoms with E-state index in [2.05, 4.69) is 43.1 Å². The maximum absolute atomic E-state index is 5.84. The summed E-state index contributed by atoms with van der Waals surface area (Å²) in [5, 5.41) is 0. The Labute approximate surface area is 105 Å². The SMILES string of the molecule is Cc1cccc(N(C)CC2CCCC2CN)c1. The third kappa shape index (κ3) is 3.01. The second-order valence-corrected chi connectivity index (χ2v) is 5.41. The van der Waals surface area contributed by atoms with Gasteiger partial charge in [0.1, 0.15) is 0 Å². The molecule has 2 nitrogen and oxygen atoms in total. The molecule has 0 aliphatic heterocycles. The third-order valence-corrected chi connectivity index (χ3v) is 4.07. The summed E-state index contributed by atoms with van der Waals surface area (Å²) in [6.45, 7) is 4.15. The van der Waals surface area contributed by atoms with Crippen molar-refractivity contribution in [2.24, 2.45) is 17.6 Å². The van der Waals surface area contributed by atoms with Crippen molar-refractivity contribution in [3.63, 3.8) is 0 Å². The van der Waals surface area contributed by atoms with Crippen LogP contribution in [0.2, 0.25) is 0 Å². The maximum atomic E-state index is 5.84. The molecule has 1 aromatic carbocycles. The molecular weight excluding hydrogens is 208 g/mol. The molecule has 94 valence electrons. The molecule has 0 radical (unpaired) electrons. The third-order valence-electron chi connectivity index (χ3n) is 4.07. The van der Waals surface area contributed by atoms with Crippen LogP contribution in [0.15, 0.2) is 24.3 Å². The van der Waals surface area contributed by atoms with Crippen LogP contribution < -0.4 is 10.6 Å². The van der Waals surface area contributed by atoms with Crippen LogP contribution in [0.4, 0.5) is 5.69 Å². The average molecular weight is 232 g/mol. The van der Waals surface area contributed by atoms with E-state index in [4.69, 9.17) is 5.73 Å². The topological polar surface area (TPSA) is 29.3 Å². The first kappa shape index (κ1) is 12.4. The van der Waals surface area contributed by atoms with Gasteiger partial charge in [0.15, 0.2) is 0 Å². The van der Waals surface area contributed by atoms with E-state index in [1.165, 1.54) is 30.5 Å². The summed E-state index contributed by atoms with van der Waals surface area (Å²) in [5.41, 5.74) is 8.50. The molecule has 17 heavy (non-hydrogen) atoms. The highest BCUT2D eigenvalue weighted by Crippen LogP contribution is 2.32.